The van der Waals surface area contributed by atoms with Crippen molar-refractivity contribution in [3.8, 4) is 5.88 Å². The summed E-state index contributed by atoms with van der Waals surface area (Å²) in [5, 5.41) is 0. The van der Waals surface area contributed by atoms with Gasteiger partial charge in [0.15, 0.2) is 0 Å². The summed E-state index contributed by atoms with van der Waals surface area (Å²) in [7, 11) is 1.62. The summed E-state index contributed by atoms with van der Waals surface area (Å²) in [5.74, 6) is 2.18. The highest BCUT2D eigenvalue weighted by Gasteiger charge is 2.10. The Labute approximate surface area is 128 Å². The van der Waals surface area contributed by atoms with E-state index in [9.17, 15) is 0 Å². The predicted octanol–water partition coefficient (Wildman–Crippen LogP) is 3.27. The Morgan fingerprint density at radius 2 is 2.10 bits per heavy atom. The highest BCUT2D eigenvalue weighted by molar-refractivity contribution is 6.17. The highest BCUT2D eigenvalue weighted by atomic mass is 35.5. The van der Waals surface area contributed by atoms with Gasteiger partial charge in [-0.25, -0.2) is 9.97 Å². The Balaban J connectivity index is 2.03. The van der Waals surface area contributed by atoms with Crippen LogP contribution in [0.5, 0.6) is 5.88 Å². The first-order valence-corrected chi connectivity index (χ1v) is 7.34. The minimum Gasteiger partial charge on any atom is -0.481 e. The second kappa shape index (κ2) is 6.14. The molecule has 108 valence electrons. The summed E-state index contributed by atoms with van der Waals surface area (Å²) in [6.45, 7) is 0.728. The van der Waals surface area contributed by atoms with Crippen LogP contribution in [0.3, 0.4) is 0 Å². The summed E-state index contributed by atoms with van der Waals surface area (Å²) in [4.78, 5) is 8.81. The molecular weight excluding hydrogens is 286 g/mol. The van der Waals surface area contributed by atoms with Crippen molar-refractivity contribution in [3.63, 3.8) is 0 Å². The number of methoxy groups -OCH3 is 1. The van der Waals surface area contributed by atoms with E-state index in [-0.39, 0.29) is 0 Å². The second-order valence-electron chi connectivity index (χ2n) is 4.75. The van der Waals surface area contributed by atoms with Gasteiger partial charge in [0.2, 0.25) is 5.88 Å². The number of pyridine rings is 1. The number of benzene rings is 1. The van der Waals surface area contributed by atoms with Gasteiger partial charge in [0.05, 0.1) is 18.1 Å². The van der Waals surface area contributed by atoms with Crippen LogP contribution < -0.4 is 4.74 Å². The molecule has 3 rings (SSSR count). The fraction of sp³-hybridized carbons (Fsp3) is 0.250. The van der Waals surface area contributed by atoms with Crippen molar-refractivity contribution >= 4 is 22.6 Å². The molecule has 5 heteroatoms. The predicted molar refractivity (Wildman–Crippen MR) is 84.0 cm³/mol. The Kier molecular flexibility index (Phi) is 4.06. The quantitative estimate of drug-likeness (QED) is 0.679. The van der Waals surface area contributed by atoms with Gasteiger partial charge in [-0.15, -0.1) is 11.6 Å². The Hall–Kier alpha value is -2.07. The number of para-hydroxylation sites is 2. The molecule has 0 aliphatic carbocycles. The number of imidazole rings is 1. The lowest BCUT2D eigenvalue weighted by Gasteiger charge is -2.09. The average Bonchev–Trinajstić information content (AvgIpc) is 2.86. The monoisotopic (exact) mass is 301 g/mol. The van der Waals surface area contributed by atoms with Gasteiger partial charge in [-0.2, -0.15) is 0 Å². The fourth-order valence-corrected chi connectivity index (χ4v) is 2.59. The van der Waals surface area contributed by atoms with Crippen molar-refractivity contribution in [2.24, 2.45) is 0 Å². The van der Waals surface area contributed by atoms with Crippen molar-refractivity contribution in [2.75, 3.05) is 13.0 Å². The minimum atomic E-state index is 0.559. The van der Waals surface area contributed by atoms with Crippen molar-refractivity contribution < 1.29 is 4.74 Å². The topological polar surface area (TPSA) is 39.9 Å². The van der Waals surface area contributed by atoms with Crippen molar-refractivity contribution in [3.05, 3.63) is 54.0 Å². The van der Waals surface area contributed by atoms with Crippen LogP contribution in [0.2, 0.25) is 0 Å². The van der Waals surface area contributed by atoms with E-state index in [1.807, 2.05) is 30.3 Å². The number of ether oxygens (including phenoxy) is 1. The van der Waals surface area contributed by atoms with Crippen LogP contribution in [0, 0.1) is 0 Å². The van der Waals surface area contributed by atoms with Crippen LogP contribution in [-0.2, 0) is 13.0 Å². The molecule has 4 nitrogen and oxygen atoms in total. The third kappa shape index (κ3) is 2.85. The molecule has 2 heterocycles. The molecule has 0 fully saturated rings. The first-order valence-electron chi connectivity index (χ1n) is 6.81. The number of aromatic nitrogens is 3. The first kappa shape index (κ1) is 13.9. The third-order valence-corrected chi connectivity index (χ3v) is 3.59. The van der Waals surface area contributed by atoms with Crippen LogP contribution in [-0.4, -0.2) is 27.5 Å². The molecule has 0 spiro atoms. The summed E-state index contributed by atoms with van der Waals surface area (Å²) in [6, 6.07) is 12.1. The molecule has 0 atom stereocenters. The number of nitrogens with zero attached hydrogens (tertiary/aromatic N) is 3. The van der Waals surface area contributed by atoms with Gasteiger partial charge in [-0.05, 0) is 23.8 Å². The largest absolute Gasteiger partial charge is 0.481 e. The fourth-order valence-electron chi connectivity index (χ4n) is 2.42. The van der Waals surface area contributed by atoms with Gasteiger partial charge in [0, 0.05) is 31.1 Å². The van der Waals surface area contributed by atoms with Crippen LogP contribution >= 0.6 is 11.6 Å². The standard InChI is InChI=1S/C16H16ClN3O/c1-21-16-10-12(7-9-18-16)11-20-14-5-3-2-4-13(14)19-15(20)6-8-17/h2-5,7,9-10H,6,8,11H2,1H3. The van der Waals surface area contributed by atoms with Crippen molar-refractivity contribution in [1.82, 2.24) is 14.5 Å². The zero-order valence-electron chi connectivity index (χ0n) is 11.8. The molecule has 0 saturated carbocycles. The van der Waals surface area contributed by atoms with Gasteiger partial charge in [0.1, 0.15) is 5.82 Å². The number of hydrogen-bond acceptors (Lipinski definition) is 3. The van der Waals surface area contributed by atoms with E-state index in [2.05, 4.69) is 20.6 Å². The van der Waals surface area contributed by atoms with Crippen LogP contribution in [0.1, 0.15) is 11.4 Å². The third-order valence-electron chi connectivity index (χ3n) is 3.40. The molecule has 1 aromatic carbocycles. The van der Waals surface area contributed by atoms with E-state index in [4.69, 9.17) is 16.3 Å². The Morgan fingerprint density at radius 3 is 2.90 bits per heavy atom. The smallest absolute Gasteiger partial charge is 0.213 e. The maximum atomic E-state index is 5.90. The summed E-state index contributed by atoms with van der Waals surface area (Å²) >= 11 is 5.90. The number of halogens is 1. The molecule has 0 amide bonds. The molecule has 0 aliphatic rings. The lowest BCUT2D eigenvalue weighted by molar-refractivity contribution is 0.397. The normalized spacial score (nSPS) is 11.0. The second-order valence-corrected chi connectivity index (χ2v) is 5.13. The minimum absolute atomic E-state index is 0.559. The molecule has 0 N–H and O–H groups in total. The lowest BCUT2D eigenvalue weighted by Crippen LogP contribution is -2.06. The molecular formula is C16H16ClN3O. The maximum Gasteiger partial charge on any atom is 0.213 e. The molecule has 0 saturated heterocycles. The van der Waals surface area contributed by atoms with E-state index >= 15 is 0 Å². The van der Waals surface area contributed by atoms with Crippen molar-refractivity contribution in [1.29, 1.82) is 0 Å². The zero-order valence-corrected chi connectivity index (χ0v) is 12.5. The molecule has 3 aromatic rings. The summed E-state index contributed by atoms with van der Waals surface area (Å²) in [6.07, 6.45) is 2.51. The summed E-state index contributed by atoms with van der Waals surface area (Å²) < 4.78 is 7.38. The molecule has 0 aliphatic heterocycles. The van der Waals surface area contributed by atoms with Gasteiger partial charge >= 0.3 is 0 Å². The lowest BCUT2D eigenvalue weighted by atomic mass is 10.2. The van der Waals surface area contributed by atoms with Gasteiger partial charge < -0.3 is 9.30 Å². The van der Waals surface area contributed by atoms with E-state index in [0.717, 1.165) is 35.4 Å². The van der Waals surface area contributed by atoms with E-state index in [1.54, 1.807) is 13.3 Å². The number of alkyl halides is 1. The molecule has 0 unspecified atom stereocenters. The highest BCUT2D eigenvalue weighted by Crippen LogP contribution is 2.19. The number of rotatable bonds is 5. The zero-order chi connectivity index (χ0) is 14.7. The molecule has 0 bridgehead atoms. The van der Waals surface area contributed by atoms with Crippen LogP contribution in [0.15, 0.2) is 42.6 Å². The van der Waals surface area contributed by atoms with Crippen LogP contribution in [0.4, 0.5) is 0 Å². The van der Waals surface area contributed by atoms with E-state index in [1.165, 1.54) is 0 Å². The molecule has 0 radical (unpaired) electrons. The van der Waals surface area contributed by atoms with Gasteiger partial charge in [0.25, 0.3) is 0 Å². The number of aryl methyl sites for hydroxylation is 1. The SMILES string of the molecule is COc1cc(Cn2c(CCCl)nc3ccccc32)ccn1. The molecule has 2 aromatic heterocycles. The Bertz CT molecular complexity index is 754. The van der Waals surface area contributed by atoms with E-state index < -0.39 is 0 Å². The van der Waals surface area contributed by atoms with Gasteiger partial charge in [-0.3, -0.25) is 0 Å². The molecule has 21 heavy (non-hydrogen) atoms. The average molecular weight is 302 g/mol. The van der Waals surface area contributed by atoms with Gasteiger partial charge in [-0.1, -0.05) is 12.1 Å². The van der Waals surface area contributed by atoms with E-state index in [0.29, 0.717) is 11.8 Å². The van der Waals surface area contributed by atoms with Crippen LogP contribution in [0.25, 0.3) is 11.0 Å². The van der Waals surface area contributed by atoms with Crippen molar-refractivity contribution in [2.45, 2.75) is 13.0 Å². The number of fused-ring (bicyclic) bond motifs is 1. The number of hydrogen-bond donors (Lipinski definition) is 0. The first-order chi connectivity index (χ1) is 10.3. The summed E-state index contributed by atoms with van der Waals surface area (Å²) in [5.41, 5.74) is 3.24. The Morgan fingerprint density at radius 1 is 1.24 bits per heavy atom. The maximum absolute atomic E-state index is 5.90.